The average molecular weight is 492 g/mol. The zero-order chi connectivity index (χ0) is 25.2. The van der Waals surface area contributed by atoms with E-state index in [-0.39, 0.29) is 17.3 Å². The number of aryl methyl sites for hydroxylation is 3. The Balaban J connectivity index is 1.58. The highest BCUT2D eigenvalue weighted by Gasteiger charge is 2.28. The van der Waals surface area contributed by atoms with Crippen LogP contribution in [0.3, 0.4) is 0 Å². The van der Waals surface area contributed by atoms with Gasteiger partial charge in [-0.1, -0.05) is 23.8 Å². The van der Waals surface area contributed by atoms with Crippen LogP contribution in [-0.2, 0) is 19.6 Å². The lowest BCUT2D eigenvalue weighted by Gasteiger charge is -2.25. The summed E-state index contributed by atoms with van der Waals surface area (Å²) in [6, 6.07) is 18.9. The molecular formula is C27H29N3O4S. The third-order valence-electron chi connectivity index (χ3n) is 6.21. The molecule has 0 bridgehead atoms. The fourth-order valence-corrected chi connectivity index (χ4v) is 5.42. The smallest absolute Gasteiger partial charge is 0.264 e. The molecule has 1 aliphatic heterocycles. The molecule has 182 valence electrons. The summed E-state index contributed by atoms with van der Waals surface area (Å²) >= 11 is 0. The first-order valence-corrected chi connectivity index (χ1v) is 13.0. The molecule has 3 aromatic rings. The fraction of sp³-hybridized carbons (Fsp3) is 0.259. The zero-order valence-corrected chi connectivity index (χ0v) is 20.9. The summed E-state index contributed by atoms with van der Waals surface area (Å²) in [5.74, 6) is -0.379. The Morgan fingerprint density at radius 3 is 2.23 bits per heavy atom. The van der Waals surface area contributed by atoms with Crippen molar-refractivity contribution in [3.63, 3.8) is 0 Å². The molecule has 0 radical (unpaired) electrons. The Morgan fingerprint density at radius 2 is 1.63 bits per heavy atom. The van der Waals surface area contributed by atoms with Gasteiger partial charge in [0.05, 0.1) is 10.6 Å². The number of rotatable bonds is 7. The number of benzene rings is 3. The summed E-state index contributed by atoms with van der Waals surface area (Å²) in [6.45, 7) is 6.04. The molecule has 1 N–H and O–H groups in total. The lowest BCUT2D eigenvalue weighted by molar-refractivity contribution is -0.117. The van der Waals surface area contributed by atoms with Gasteiger partial charge in [-0.3, -0.25) is 13.9 Å². The number of hydrogen-bond donors (Lipinski definition) is 1. The number of sulfonamides is 1. The molecule has 4 rings (SSSR count). The quantitative estimate of drug-likeness (QED) is 0.524. The van der Waals surface area contributed by atoms with Crippen molar-refractivity contribution in [2.45, 2.75) is 38.5 Å². The van der Waals surface area contributed by atoms with Crippen molar-refractivity contribution < 1.29 is 18.0 Å². The van der Waals surface area contributed by atoms with Crippen molar-refractivity contribution in [2.24, 2.45) is 0 Å². The van der Waals surface area contributed by atoms with E-state index >= 15 is 0 Å². The number of hydrogen-bond acceptors (Lipinski definition) is 4. The average Bonchev–Trinajstić information content (AvgIpc) is 3.26. The molecular weight excluding hydrogens is 462 g/mol. The second-order valence-electron chi connectivity index (χ2n) is 8.84. The highest BCUT2D eigenvalue weighted by Crippen LogP contribution is 2.27. The Kier molecular flexibility index (Phi) is 6.93. The second-order valence-corrected chi connectivity index (χ2v) is 10.7. The molecule has 0 aliphatic carbocycles. The van der Waals surface area contributed by atoms with Gasteiger partial charge in [0.2, 0.25) is 11.8 Å². The molecule has 2 amide bonds. The Labute approximate surface area is 206 Å². The standard InChI is InChI=1S/C27H29N3O4S/c1-19-6-14-25(15-7-19)35(33,34)30(24-11-8-20(2)21(3)17-24)18-26(31)28-22-9-12-23(13-10-22)29-16-4-5-27(29)32/h6-15,17H,4-5,16,18H2,1-3H3,(H,28,31). The normalized spacial score (nSPS) is 13.7. The van der Waals surface area contributed by atoms with Gasteiger partial charge in [-0.25, -0.2) is 8.42 Å². The Hall–Kier alpha value is -3.65. The second kappa shape index (κ2) is 9.92. The van der Waals surface area contributed by atoms with E-state index in [0.717, 1.165) is 33.1 Å². The molecule has 1 saturated heterocycles. The van der Waals surface area contributed by atoms with Crippen LogP contribution in [0.4, 0.5) is 17.1 Å². The number of carbonyl (C=O) groups is 2. The van der Waals surface area contributed by atoms with Gasteiger partial charge in [0.1, 0.15) is 6.54 Å². The van der Waals surface area contributed by atoms with E-state index in [2.05, 4.69) is 5.32 Å². The zero-order valence-electron chi connectivity index (χ0n) is 20.1. The molecule has 0 saturated carbocycles. The van der Waals surface area contributed by atoms with Gasteiger partial charge in [0.25, 0.3) is 10.0 Å². The van der Waals surface area contributed by atoms with Gasteiger partial charge in [0.15, 0.2) is 0 Å². The maximum Gasteiger partial charge on any atom is 0.264 e. The van der Waals surface area contributed by atoms with Crippen LogP contribution in [0.1, 0.15) is 29.5 Å². The molecule has 0 atom stereocenters. The van der Waals surface area contributed by atoms with Crippen LogP contribution in [0.25, 0.3) is 0 Å². The molecule has 0 aromatic heterocycles. The van der Waals surface area contributed by atoms with E-state index in [1.807, 2.05) is 26.8 Å². The minimum absolute atomic E-state index is 0.0899. The summed E-state index contributed by atoms with van der Waals surface area (Å²) in [7, 11) is -3.98. The first-order chi connectivity index (χ1) is 16.6. The molecule has 0 spiro atoms. The number of nitrogens with zero attached hydrogens (tertiary/aromatic N) is 2. The van der Waals surface area contributed by atoms with E-state index in [1.54, 1.807) is 65.6 Å². The Bertz CT molecular complexity index is 1350. The van der Waals surface area contributed by atoms with Crippen LogP contribution >= 0.6 is 0 Å². The molecule has 1 aliphatic rings. The largest absolute Gasteiger partial charge is 0.325 e. The van der Waals surface area contributed by atoms with E-state index in [0.29, 0.717) is 24.3 Å². The van der Waals surface area contributed by atoms with E-state index < -0.39 is 15.9 Å². The van der Waals surface area contributed by atoms with Gasteiger partial charge >= 0.3 is 0 Å². The van der Waals surface area contributed by atoms with Crippen LogP contribution in [0, 0.1) is 20.8 Å². The SMILES string of the molecule is Cc1ccc(S(=O)(=O)N(CC(=O)Nc2ccc(N3CCCC3=O)cc2)c2ccc(C)c(C)c2)cc1. The van der Waals surface area contributed by atoms with Crippen molar-refractivity contribution >= 4 is 38.9 Å². The third-order valence-corrected chi connectivity index (χ3v) is 8.00. The molecule has 3 aromatic carbocycles. The molecule has 8 heteroatoms. The van der Waals surface area contributed by atoms with Crippen molar-refractivity contribution in [3.05, 3.63) is 83.4 Å². The van der Waals surface area contributed by atoms with E-state index in [1.165, 1.54) is 0 Å². The first-order valence-electron chi connectivity index (χ1n) is 11.5. The predicted octanol–water partition coefficient (Wildman–Crippen LogP) is 4.57. The van der Waals surface area contributed by atoms with Crippen molar-refractivity contribution in [3.8, 4) is 0 Å². The number of anilines is 3. The minimum atomic E-state index is -3.98. The van der Waals surface area contributed by atoms with Crippen molar-refractivity contribution in [1.29, 1.82) is 0 Å². The van der Waals surface area contributed by atoms with Gasteiger partial charge in [-0.15, -0.1) is 0 Å². The monoisotopic (exact) mass is 491 g/mol. The maximum absolute atomic E-state index is 13.6. The molecule has 0 unspecified atom stereocenters. The number of nitrogens with one attached hydrogen (secondary N) is 1. The molecule has 7 nitrogen and oxygen atoms in total. The van der Waals surface area contributed by atoms with Crippen LogP contribution in [0.2, 0.25) is 0 Å². The number of carbonyl (C=O) groups excluding carboxylic acids is 2. The van der Waals surface area contributed by atoms with Gasteiger partial charge < -0.3 is 10.2 Å². The molecule has 1 heterocycles. The Morgan fingerprint density at radius 1 is 0.943 bits per heavy atom. The van der Waals surface area contributed by atoms with Crippen molar-refractivity contribution in [2.75, 3.05) is 27.6 Å². The van der Waals surface area contributed by atoms with Crippen LogP contribution in [-0.4, -0.2) is 33.3 Å². The summed E-state index contributed by atoms with van der Waals surface area (Å²) in [4.78, 5) is 26.8. The van der Waals surface area contributed by atoms with Crippen LogP contribution < -0.4 is 14.5 Å². The topological polar surface area (TPSA) is 86.8 Å². The third kappa shape index (κ3) is 5.38. The first kappa shape index (κ1) is 24.5. The summed E-state index contributed by atoms with van der Waals surface area (Å²) < 4.78 is 28.3. The highest BCUT2D eigenvalue weighted by molar-refractivity contribution is 7.92. The van der Waals surface area contributed by atoms with Gasteiger partial charge in [-0.2, -0.15) is 0 Å². The minimum Gasteiger partial charge on any atom is -0.325 e. The predicted molar refractivity (Wildman–Crippen MR) is 138 cm³/mol. The van der Waals surface area contributed by atoms with Gasteiger partial charge in [0, 0.05) is 24.3 Å². The lowest BCUT2D eigenvalue weighted by Crippen LogP contribution is -2.38. The number of amides is 2. The van der Waals surface area contributed by atoms with Crippen molar-refractivity contribution in [1.82, 2.24) is 0 Å². The summed E-state index contributed by atoms with van der Waals surface area (Å²) in [5.41, 5.74) is 4.63. The fourth-order valence-electron chi connectivity index (χ4n) is 4.01. The van der Waals surface area contributed by atoms with Gasteiger partial charge in [-0.05, 0) is 86.8 Å². The highest BCUT2D eigenvalue weighted by atomic mass is 32.2. The lowest BCUT2D eigenvalue weighted by atomic mass is 10.1. The molecule has 35 heavy (non-hydrogen) atoms. The van der Waals surface area contributed by atoms with E-state index in [4.69, 9.17) is 0 Å². The molecule has 1 fully saturated rings. The maximum atomic E-state index is 13.6. The van der Waals surface area contributed by atoms with Crippen LogP contribution in [0.5, 0.6) is 0 Å². The van der Waals surface area contributed by atoms with E-state index in [9.17, 15) is 18.0 Å². The summed E-state index contributed by atoms with van der Waals surface area (Å²) in [6.07, 6.45) is 1.38. The summed E-state index contributed by atoms with van der Waals surface area (Å²) in [5, 5.41) is 2.78. The van der Waals surface area contributed by atoms with Crippen LogP contribution in [0.15, 0.2) is 71.6 Å².